The summed E-state index contributed by atoms with van der Waals surface area (Å²) in [6.45, 7) is 0. The van der Waals surface area contributed by atoms with Crippen molar-refractivity contribution in [2.24, 2.45) is 0 Å². The lowest BCUT2D eigenvalue weighted by atomic mass is 10.1. The first kappa shape index (κ1) is 12.3. The summed E-state index contributed by atoms with van der Waals surface area (Å²) in [5.41, 5.74) is 2.17. The molecule has 0 amide bonds. The number of carbonyl (C=O) groups is 1. The summed E-state index contributed by atoms with van der Waals surface area (Å²) in [5, 5.41) is 0. The van der Waals surface area contributed by atoms with Gasteiger partial charge in [-0.1, -0.05) is 11.6 Å². The van der Waals surface area contributed by atoms with Crippen LogP contribution in [0.4, 0.5) is 0 Å². The number of ketones is 1. The maximum atomic E-state index is 12.2. The molecule has 5 heteroatoms. The fraction of sp³-hybridized carbons (Fsp3) is 0.0714. The van der Waals surface area contributed by atoms with Gasteiger partial charge >= 0.3 is 0 Å². The second-order valence-corrected chi connectivity index (χ2v) is 5.87. The van der Waals surface area contributed by atoms with Gasteiger partial charge < -0.3 is 0 Å². The second kappa shape index (κ2) is 5.07. The van der Waals surface area contributed by atoms with Crippen LogP contribution < -0.4 is 0 Å². The van der Waals surface area contributed by atoms with Crippen molar-refractivity contribution < 1.29 is 4.79 Å². The third kappa shape index (κ3) is 2.64. The number of benzene rings is 1. The monoisotopic (exact) mass is 288 g/mol. The molecule has 0 saturated heterocycles. The molecule has 0 aliphatic heterocycles. The smallest absolute Gasteiger partial charge is 0.168 e. The minimum atomic E-state index is 0.0612. The van der Waals surface area contributed by atoms with E-state index >= 15 is 0 Å². The molecule has 94 valence electrons. The zero-order valence-electron chi connectivity index (χ0n) is 9.84. The zero-order valence-corrected chi connectivity index (χ0v) is 11.4. The van der Waals surface area contributed by atoms with E-state index in [-0.39, 0.29) is 5.78 Å². The first-order valence-electron chi connectivity index (χ1n) is 5.70. The van der Waals surface area contributed by atoms with E-state index in [1.54, 1.807) is 30.6 Å². The first-order valence-corrected chi connectivity index (χ1v) is 6.90. The molecular formula is C14H9ClN2OS. The van der Waals surface area contributed by atoms with E-state index in [4.69, 9.17) is 11.6 Å². The van der Waals surface area contributed by atoms with Crippen molar-refractivity contribution in [1.29, 1.82) is 0 Å². The summed E-state index contributed by atoms with van der Waals surface area (Å²) in [6.07, 6.45) is 3.62. The van der Waals surface area contributed by atoms with E-state index in [0.29, 0.717) is 16.3 Å². The molecule has 0 N–H and O–H groups in total. The van der Waals surface area contributed by atoms with Gasteiger partial charge in [0.1, 0.15) is 0 Å². The number of carbonyl (C=O) groups excluding carboxylic acids is 1. The highest BCUT2D eigenvalue weighted by Crippen LogP contribution is 2.23. The van der Waals surface area contributed by atoms with Crippen LogP contribution in [0.25, 0.3) is 11.0 Å². The van der Waals surface area contributed by atoms with Crippen LogP contribution in [0.15, 0.2) is 42.7 Å². The van der Waals surface area contributed by atoms with Crippen LogP contribution in [0.5, 0.6) is 0 Å². The van der Waals surface area contributed by atoms with Crippen LogP contribution in [0.3, 0.4) is 0 Å². The van der Waals surface area contributed by atoms with Crippen molar-refractivity contribution in [2.75, 3.05) is 0 Å². The van der Waals surface area contributed by atoms with Gasteiger partial charge in [-0.25, -0.2) is 0 Å². The average Bonchev–Trinajstić information content (AvgIpc) is 2.83. The number of rotatable bonds is 3. The van der Waals surface area contributed by atoms with Gasteiger partial charge in [-0.15, -0.1) is 11.3 Å². The Balaban J connectivity index is 1.89. The summed E-state index contributed by atoms with van der Waals surface area (Å²) in [4.78, 5) is 21.5. The number of Topliss-reactive ketones (excluding diaryl/α,β-unsaturated/α-hetero) is 1. The van der Waals surface area contributed by atoms with Gasteiger partial charge in [0.2, 0.25) is 0 Å². The Labute approximate surface area is 118 Å². The molecule has 0 saturated carbocycles. The quantitative estimate of drug-likeness (QED) is 0.689. The highest BCUT2D eigenvalue weighted by atomic mass is 35.5. The van der Waals surface area contributed by atoms with Crippen molar-refractivity contribution in [3.8, 4) is 0 Å². The molecule has 2 heterocycles. The molecule has 0 atom stereocenters. The van der Waals surface area contributed by atoms with E-state index in [1.807, 2.05) is 12.1 Å². The summed E-state index contributed by atoms with van der Waals surface area (Å²) in [5.74, 6) is 0.0612. The number of nitrogens with zero attached hydrogens (tertiary/aromatic N) is 2. The van der Waals surface area contributed by atoms with E-state index in [2.05, 4.69) is 9.97 Å². The van der Waals surface area contributed by atoms with Gasteiger partial charge in [0.05, 0.1) is 15.4 Å². The van der Waals surface area contributed by atoms with E-state index in [9.17, 15) is 4.79 Å². The van der Waals surface area contributed by atoms with E-state index in [1.165, 1.54) is 11.3 Å². The average molecular weight is 289 g/mol. The number of halogens is 1. The normalized spacial score (nSPS) is 10.8. The molecule has 3 aromatic rings. The van der Waals surface area contributed by atoms with E-state index in [0.717, 1.165) is 15.9 Å². The summed E-state index contributed by atoms with van der Waals surface area (Å²) < 4.78 is 0.701. The molecular weight excluding hydrogens is 280 g/mol. The van der Waals surface area contributed by atoms with Gasteiger partial charge in [0.15, 0.2) is 5.78 Å². The third-order valence-electron chi connectivity index (χ3n) is 2.75. The lowest BCUT2D eigenvalue weighted by Crippen LogP contribution is -2.02. The number of fused-ring (bicyclic) bond motifs is 1. The van der Waals surface area contributed by atoms with Crippen molar-refractivity contribution >= 4 is 39.8 Å². The highest BCUT2D eigenvalue weighted by molar-refractivity contribution is 7.16. The summed E-state index contributed by atoms with van der Waals surface area (Å²) in [7, 11) is 0. The molecule has 1 aromatic carbocycles. The Bertz CT molecular complexity index is 754. The maximum Gasteiger partial charge on any atom is 0.168 e. The molecule has 2 aromatic heterocycles. The van der Waals surface area contributed by atoms with E-state index < -0.39 is 0 Å². The SMILES string of the molecule is O=C(Cc1ccc(Cl)s1)c1ccc2nccnc2c1. The Morgan fingerprint density at radius 1 is 1.11 bits per heavy atom. The molecule has 0 radical (unpaired) electrons. The van der Waals surface area contributed by atoms with Gasteiger partial charge in [0, 0.05) is 29.3 Å². The topological polar surface area (TPSA) is 42.9 Å². The highest BCUT2D eigenvalue weighted by Gasteiger charge is 2.10. The molecule has 0 unspecified atom stereocenters. The molecule has 0 fully saturated rings. The lowest BCUT2D eigenvalue weighted by Gasteiger charge is -2.01. The molecule has 19 heavy (non-hydrogen) atoms. The second-order valence-electron chi connectivity index (χ2n) is 4.07. The predicted molar refractivity (Wildman–Crippen MR) is 76.9 cm³/mol. The molecule has 0 aliphatic rings. The minimum Gasteiger partial charge on any atom is -0.294 e. The van der Waals surface area contributed by atoms with Crippen molar-refractivity contribution in [2.45, 2.75) is 6.42 Å². The molecule has 0 spiro atoms. The third-order valence-corrected chi connectivity index (χ3v) is 3.99. The zero-order chi connectivity index (χ0) is 13.2. The summed E-state index contributed by atoms with van der Waals surface area (Å²) in [6, 6.07) is 9.07. The lowest BCUT2D eigenvalue weighted by molar-refractivity contribution is 0.0994. The largest absolute Gasteiger partial charge is 0.294 e. The number of hydrogen-bond donors (Lipinski definition) is 0. The fourth-order valence-electron chi connectivity index (χ4n) is 1.84. The molecule has 3 nitrogen and oxygen atoms in total. The first-order chi connectivity index (χ1) is 9.22. The molecule has 0 bridgehead atoms. The van der Waals surface area contributed by atoms with Crippen molar-refractivity contribution in [1.82, 2.24) is 9.97 Å². The molecule has 3 rings (SSSR count). The summed E-state index contributed by atoms with van der Waals surface area (Å²) >= 11 is 7.29. The predicted octanol–water partition coefficient (Wildman–Crippen LogP) is 3.77. The van der Waals surface area contributed by atoms with Crippen LogP contribution in [-0.2, 0) is 6.42 Å². The standard InChI is InChI=1S/C14H9ClN2OS/c15-14-4-2-10(19-14)8-13(18)9-1-3-11-12(7-9)17-6-5-16-11/h1-7H,8H2. The van der Waals surface area contributed by atoms with Crippen LogP contribution in [0.2, 0.25) is 4.34 Å². The van der Waals surface area contributed by atoms with Gasteiger partial charge in [-0.3, -0.25) is 14.8 Å². The number of aromatic nitrogens is 2. The van der Waals surface area contributed by atoms with Crippen molar-refractivity contribution in [3.05, 3.63) is 57.5 Å². The Kier molecular flexibility index (Phi) is 3.27. The van der Waals surface area contributed by atoms with Crippen LogP contribution in [0, 0.1) is 0 Å². The number of hydrogen-bond acceptors (Lipinski definition) is 4. The van der Waals surface area contributed by atoms with Crippen molar-refractivity contribution in [3.63, 3.8) is 0 Å². The Morgan fingerprint density at radius 2 is 1.89 bits per heavy atom. The van der Waals surface area contributed by atoms with Gasteiger partial charge in [0.25, 0.3) is 0 Å². The fourth-order valence-corrected chi connectivity index (χ4v) is 2.93. The Morgan fingerprint density at radius 3 is 2.63 bits per heavy atom. The van der Waals surface area contributed by atoms with Crippen LogP contribution in [0.1, 0.15) is 15.2 Å². The maximum absolute atomic E-state index is 12.2. The van der Waals surface area contributed by atoms with Crippen LogP contribution >= 0.6 is 22.9 Å². The van der Waals surface area contributed by atoms with Gasteiger partial charge in [-0.05, 0) is 30.3 Å². The van der Waals surface area contributed by atoms with Crippen LogP contribution in [-0.4, -0.2) is 15.8 Å². The van der Waals surface area contributed by atoms with Gasteiger partial charge in [-0.2, -0.15) is 0 Å². The molecule has 0 aliphatic carbocycles. The Hall–Kier alpha value is -1.78. The minimum absolute atomic E-state index is 0.0612. The number of thiophene rings is 1.